The number of halogens is 3. The number of rotatable bonds is 4. The first-order valence-electron chi connectivity index (χ1n) is 6.05. The minimum atomic E-state index is -4.39. The minimum absolute atomic E-state index is 0.144. The highest BCUT2D eigenvalue weighted by molar-refractivity contribution is 5.43. The molecule has 0 aromatic heterocycles. The maximum absolute atomic E-state index is 12.6. The molecule has 1 aromatic carbocycles. The molecule has 0 spiro atoms. The van der Waals surface area contributed by atoms with Crippen LogP contribution in [0.1, 0.15) is 55.7 Å². The molecule has 18 heavy (non-hydrogen) atoms. The Bertz CT molecular complexity index is 443. The van der Waals surface area contributed by atoms with Crippen LogP contribution in [0.25, 0.3) is 0 Å². The monoisotopic (exact) mass is 255 g/mol. The van der Waals surface area contributed by atoms with E-state index in [1.54, 1.807) is 0 Å². The molecule has 0 aliphatic rings. The molecule has 1 nitrogen and oxygen atoms in total. The summed E-state index contributed by atoms with van der Waals surface area (Å²) in [6.45, 7) is 4.01. The molecule has 4 heteroatoms. The van der Waals surface area contributed by atoms with Crippen LogP contribution in [-0.4, -0.2) is 0 Å². The van der Waals surface area contributed by atoms with Gasteiger partial charge in [0.1, 0.15) is 0 Å². The standard InChI is InChI=1S/C14H16F3N/c1-3-5-10(4-2)13-7-6-12(14(15,16)17)8-11(13)9-18/h6-8,10H,3-5H2,1-2H3. The first-order valence-corrected chi connectivity index (χ1v) is 6.05. The Morgan fingerprint density at radius 2 is 1.94 bits per heavy atom. The molecular formula is C14H16F3N. The lowest BCUT2D eigenvalue weighted by molar-refractivity contribution is -0.137. The fourth-order valence-electron chi connectivity index (χ4n) is 2.11. The van der Waals surface area contributed by atoms with Gasteiger partial charge in [-0.15, -0.1) is 0 Å². The number of benzene rings is 1. The summed E-state index contributed by atoms with van der Waals surface area (Å²) in [5.74, 6) is 0.159. The first-order chi connectivity index (χ1) is 8.43. The average Bonchev–Trinajstić information content (AvgIpc) is 2.34. The van der Waals surface area contributed by atoms with Crippen molar-refractivity contribution in [2.75, 3.05) is 0 Å². The quantitative estimate of drug-likeness (QED) is 0.752. The molecule has 0 radical (unpaired) electrons. The summed E-state index contributed by atoms with van der Waals surface area (Å²) in [6.07, 6.45) is -1.73. The highest BCUT2D eigenvalue weighted by atomic mass is 19.4. The molecule has 0 amide bonds. The second-order valence-corrected chi connectivity index (χ2v) is 4.31. The zero-order valence-electron chi connectivity index (χ0n) is 10.5. The Hall–Kier alpha value is -1.50. The number of hydrogen-bond acceptors (Lipinski definition) is 1. The van der Waals surface area contributed by atoms with Crippen LogP contribution in [0.3, 0.4) is 0 Å². The van der Waals surface area contributed by atoms with Gasteiger partial charge in [0.15, 0.2) is 0 Å². The molecule has 0 aliphatic heterocycles. The number of nitriles is 1. The lowest BCUT2D eigenvalue weighted by atomic mass is 9.88. The van der Waals surface area contributed by atoms with Gasteiger partial charge in [-0.05, 0) is 36.5 Å². The van der Waals surface area contributed by atoms with E-state index in [0.717, 1.165) is 37.0 Å². The van der Waals surface area contributed by atoms with Crippen molar-refractivity contribution in [3.05, 3.63) is 34.9 Å². The Morgan fingerprint density at radius 3 is 2.39 bits per heavy atom. The summed E-state index contributed by atoms with van der Waals surface area (Å²) in [5, 5.41) is 9.00. The average molecular weight is 255 g/mol. The van der Waals surface area contributed by atoms with Gasteiger partial charge in [0.05, 0.1) is 17.2 Å². The van der Waals surface area contributed by atoms with E-state index < -0.39 is 11.7 Å². The van der Waals surface area contributed by atoms with Crippen LogP contribution in [0, 0.1) is 11.3 Å². The molecule has 1 unspecified atom stereocenters. The van der Waals surface area contributed by atoms with Crippen LogP contribution in [0.4, 0.5) is 13.2 Å². The van der Waals surface area contributed by atoms with E-state index in [1.165, 1.54) is 6.07 Å². The summed E-state index contributed by atoms with van der Waals surface area (Å²) in [6, 6.07) is 5.35. The van der Waals surface area contributed by atoms with Gasteiger partial charge >= 0.3 is 6.18 Å². The third kappa shape index (κ3) is 3.25. The summed E-state index contributed by atoms with van der Waals surface area (Å²) >= 11 is 0. The molecule has 1 atom stereocenters. The molecule has 98 valence electrons. The topological polar surface area (TPSA) is 23.8 Å². The molecule has 0 saturated heterocycles. The number of hydrogen-bond donors (Lipinski definition) is 0. The van der Waals surface area contributed by atoms with Gasteiger partial charge in [0.2, 0.25) is 0 Å². The summed E-state index contributed by atoms with van der Waals surface area (Å²) < 4.78 is 37.7. The van der Waals surface area contributed by atoms with Crippen molar-refractivity contribution in [2.24, 2.45) is 0 Å². The van der Waals surface area contributed by atoms with E-state index >= 15 is 0 Å². The third-order valence-electron chi connectivity index (χ3n) is 3.07. The highest BCUT2D eigenvalue weighted by Gasteiger charge is 2.31. The largest absolute Gasteiger partial charge is 0.416 e. The molecular weight excluding hydrogens is 239 g/mol. The van der Waals surface area contributed by atoms with E-state index in [4.69, 9.17) is 5.26 Å². The maximum atomic E-state index is 12.6. The summed E-state index contributed by atoms with van der Waals surface area (Å²) in [4.78, 5) is 0. The van der Waals surface area contributed by atoms with Gasteiger partial charge < -0.3 is 0 Å². The molecule has 0 heterocycles. The Labute approximate surface area is 105 Å². The third-order valence-corrected chi connectivity index (χ3v) is 3.07. The Balaban J connectivity index is 3.19. The van der Waals surface area contributed by atoms with Gasteiger partial charge in [0, 0.05) is 0 Å². The first kappa shape index (κ1) is 14.6. The van der Waals surface area contributed by atoms with Crippen molar-refractivity contribution in [1.29, 1.82) is 5.26 Å². The molecule has 1 aromatic rings. The van der Waals surface area contributed by atoms with Crippen molar-refractivity contribution in [1.82, 2.24) is 0 Å². The van der Waals surface area contributed by atoms with Crippen molar-refractivity contribution in [3.63, 3.8) is 0 Å². The zero-order valence-corrected chi connectivity index (χ0v) is 10.5. The SMILES string of the molecule is CCCC(CC)c1ccc(C(F)(F)F)cc1C#N. The zero-order chi connectivity index (χ0) is 13.8. The smallest absolute Gasteiger partial charge is 0.192 e. The van der Waals surface area contributed by atoms with Crippen LogP contribution >= 0.6 is 0 Å². The van der Waals surface area contributed by atoms with Crippen molar-refractivity contribution >= 4 is 0 Å². The maximum Gasteiger partial charge on any atom is 0.416 e. The molecule has 0 bridgehead atoms. The molecule has 0 fully saturated rings. The lowest BCUT2D eigenvalue weighted by Crippen LogP contribution is -2.07. The minimum Gasteiger partial charge on any atom is -0.192 e. The summed E-state index contributed by atoms with van der Waals surface area (Å²) in [5.41, 5.74) is 0.120. The fraction of sp³-hybridized carbons (Fsp3) is 0.500. The van der Waals surface area contributed by atoms with Gasteiger partial charge in [0.25, 0.3) is 0 Å². The predicted octanol–water partition coefficient (Wildman–Crippen LogP) is 4.87. The Kier molecular flexibility index (Phi) is 4.77. The molecule has 0 saturated carbocycles. The van der Waals surface area contributed by atoms with Crippen LogP contribution in [0.15, 0.2) is 18.2 Å². The normalized spacial score (nSPS) is 13.1. The Morgan fingerprint density at radius 1 is 1.28 bits per heavy atom. The van der Waals surface area contributed by atoms with Crippen molar-refractivity contribution in [3.8, 4) is 6.07 Å². The second kappa shape index (κ2) is 5.90. The number of nitrogens with zero attached hydrogens (tertiary/aromatic N) is 1. The predicted molar refractivity (Wildman–Crippen MR) is 64.1 cm³/mol. The van der Waals surface area contributed by atoms with Crippen LogP contribution < -0.4 is 0 Å². The number of alkyl halides is 3. The molecule has 0 N–H and O–H groups in total. The lowest BCUT2D eigenvalue weighted by Gasteiger charge is -2.17. The van der Waals surface area contributed by atoms with Crippen molar-refractivity contribution in [2.45, 2.75) is 45.2 Å². The van der Waals surface area contributed by atoms with Crippen LogP contribution in [0.2, 0.25) is 0 Å². The van der Waals surface area contributed by atoms with E-state index in [-0.39, 0.29) is 11.5 Å². The van der Waals surface area contributed by atoms with Gasteiger partial charge in [-0.25, -0.2) is 0 Å². The molecule has 1 rings (SSSR count). The van der Waals surface area contributed by atoms with Crippen molar-refractivity contribution < 1.29 is 13.2 Å². The summed E-state index contributed by atoms with van der Waals surface area (Å²) in [7, 11) is 0. The van der Waals surface area contributed by atoms with E-state index in [0.29, 0.717) is 0 Å². The van der Waals surface area contributed by atoms with Gasteiger partial charge in [-0.2, -0.15) is 18.4 Å². The van der Waals surface area contributed by atoms with Gasteiger partial charge in [-0.1, -0.05) is 26.3 Å². The van der Waals surface area contributed by atoms with E-state index in [1.807, 2.05) is 19.9 Å². The highest BCUT2D eigenvalue weighted by Crippen LogP contribution is 2.34. The van der Waals surface area contributed by atoms with Crippen LogP contribution in [-0.2, 0) is 6.18 Å². The second-order valence-electron chi connectivity index (χ2n) is 4.31. The van der Waals surface area contributed by atoms with Crippen LogP contribution in [0.5, 0.6) is 0 Å². The van der Waals surface area contributed by atoms with E-state index in [9.17, 15) is 13.2 Å². The molecule has 0 aliphatic carbocycles. The van der Waals surface area contributed by atoms with E-state index in [2.05, 4.69) is 0 Å². The van der Waals surface area contributed by atoms with Gasteiger partial charge in [-0.3, -0.25) is 0 Å². The fourth-order valence-corrected chi connectivity index (χ4v) is 2.11.